The van der Waals surface area contributed by atoms with Crippen molar-refractivity contribution in [3.8, 4) is 0 Å². The highest BCUT2D eigenvalue weighted by atomic mass is 16.5. The predicted molar refractivity (Wildman–Crippen MR) is 53.2 cm³/mol. The van der Waals surface area contributed by atoms with Gasteiger partial charge in [0.1, 0.15) is 0 Å². The number of carboxylic acids is 1. The summed E-state index contributed by atoms with van der Waals surface area (Å²) in [6.45, 7) is 4.81. The summed E-state index contributed by atoms with van der Waals surface area (Å²) in [4.78, 5) is 22.2. The molecule has 0 aromatic carbocycles. The lowest BCUT2D eigenvalue weighted by molar-refractivity contribution is -0.175. The zero-order valence-electron chi connectivity index (χ0n) is 9.48. The van der Waals surface area contributed by atoms with Crippen LogP contribution >= 0.6 is 0 Å². The van der Waals surface area contributed by atoms with Gasteiger partial charge in [-0.1, -0.05) is 13.8 Å². The topological polar surface area (TPSA) is 83.8 Å². The highest BCUT2D eigenvalue weighted by Gasteiger charge is 2.44. The largest absolute Gasteiger partial charge is 0.481 e. The summed E-state index contributed by atoms with van der Waals surface area (Å²) >= 11 is 0. The Hall–Kier alpha value is -1.10. The fraction of sp³-hybridized carbons (Fsp3) is 0.800. The summed E-state index contributed by atoms with van der Waals surface area (Å²) in [5.74, 6) is -3.19. The maximum absolute atomic E-state index is 11.2. The van der Waals surface area contributed by atoms with Crippen LogP contribution in [0, 0.1) is 11.8 Å². The SMILES string of the molecule is COC(=O)C(C)(O)[C@@H](CC(C)C)C(=O)O. The van der Waals surface area contributed by atoms with Gasteiger partial charge in [0.05, 0.1) is 13.0 Å². The number of rotatable bonds is 5. The first-order valence-electron chi connectivity index (χ1n) is 4.77. The van der Waals surface area contributed by atoms with E-state index < -0.39 is 23.5 Å². The van der Waals surface area contributed by atoms with Crippen molar-refractivity contribution in [1.82, 2.24) is 0 Å². The van der Waals surface area contributed by atoms with Gasteiger partial charge in [-0.15, -0.1) is 0 Å². The van der Waals surface area contributed by atoms with Gasteiger partial charge < -0.3 is 14.9 Å². The molecule has 0 bridgehead atoms. The predicted octanol–water partition coefficient (Wildman–Crippen LogP) is 0.657. The molecular weight excluding hydrogens is 200 g/mol. The Bertz CT molecular complexity index is 244. The summed E-state index contributed by atoms with van der Waals surface area (Å²) < 4.78 is 4.38. The molecule has 15 heavy (non-hydrogen) atoms. The zero-order valence-corrected chi connectivity index (χ0v) is 9.48. The molecule has 0 aromatic heterocycles. The molecule has 0 spiro atoms. The summed E-state index contributed by atoms with van der Waals surface area (Å²) in [5, 5.41) is 18.7. The lowest BCUT2D eigenvalue weighted by Crippen LogP contribution is -2.47. The van der Waals surface area contributed by atoms with E-state index in [1.165, 1.54) is 6.92 Å². The second-order valence-corrected chi connectivity index (χ2v) is 4.16. The van der Waals surface area contributed by atoms with Crippen LogP contribution in [0.1, 0.15) is 27.2 Å². The van der Waals surface area contributed by atoms with Crippen LogP contribution in [0.5, 0.6) is 0 Å². The first-order valence-corrected chi connectivity index (χ1v) is 4.77. The molecule has 0 heterocycles. The van der Waals surface area contributed by atoms with Gasteiger partial charge in [-0.2, -0.15) is 0 Å². The van der Waals surface area contributed by atoms with Crippen LogP contribution in [0.2, 0.25) is 0 Å². The number of methoxy groups -OCH3 is 1. The second kappa shape index (κ2) is 5.11. The van der Waals surface area contributed by atoms with Gasteiger partial charge in [-0.3, -0.25) is 4.79 Å². The minimum Gasteiger partial charge on any atom is -0.481 e. The number of hydrogen-bond acceptors (Lipinski definition) is 4. The van der Waals surface area contributed by atoms with Crippen LogP contribution in [0.25, 0.3) is 0 Å². The molecule has 5 nitrogen and oxygen atoms in total. The summed E-state index contributed by atoms with van der Waals surface area (Å²) in [6.07, 6.45) is 0.220. The molecule has 2 atom stereocenters. The van der Waals surface area contributed by atoms with Gasteiger partial charge in [0.25, 0.3) is 0 Å². The van der Waals surface area contributed by atoms with E-state index in [2.05, 4.69) is 4.74 Å². The van der Waals surface area contributed by atoms with Crippen molar-refractivity contribution in [2.75, 3.05) is 7.11 Å². The minimum atomic E-state index is -1.98. The molecule has 88 valence electrons. The third kappa shape index (κ3) is 3.51. The van der Waals surface area contributed by atoms with Gasteiger partial charge in [-0.25, -0.2) is 4.79 Å². The molecule has 0 aliphatic heterocycles. The second-order valence-electron chi connectivity index (χ2n) is 4.16. The lowest BCUT2D eigenvalue weighted by Gasteiger charge is -2.28. The Labute approximate surface area is 89.0 Å². The van der Waals surface area contributed by atoms with E-state index in [1.54, 1.807) is 0 Å². The van der Waals surface area contributed by atoms with Crippen molar-refractivity contribution in [2.24, 2.45) is 11.8 Å². The number of carbonyl (C=O) groups excluding carboxylic acids is 1. The first-order chi connectivity index (χ1) is 6.73. The van der Waals surface area contributed by atoms with E-state index in [0.717, 1.165) is 7.11 Å². The normalized spacial score (nSPS) is 16.9. The Morgan fingerprint density at radius 3 is 2.13 bits per heavy atom. The number of carbonyl (C=O) groups is 2. The number of aliphatic hydroxyl groups is 1. The summed E-state index contributed by atoms with van der Waals surface area (Å²) in [6, 6.07) is 0. The van der Waals surface area contributed by atoms with Crippen molar-refractivity contribution >= 4 is 11.9 Å². The van der Waals surface area contributed by atoms with Gasteiger partial charge in [0, 0.05) is 0 Å². The van der Waals surface area contributed by atoms with Crippen LogP contribution < -0.4 is 0 Å². The fourth-order valence-corrected chi connectivity index (χ4v) is 1.39. The Morgan fingerprint density at radius 1 is 1.40 bits per heavy atom. The molecule has 2 N–H and O–H groups in total. The molecule has 0 saturated heterocycles. The van der Waals surface area contributed by atoms with Crippen molar-refractivity contribution in [3.63, 3.8) is 0 Å². The van der Waals surface area contributed by atoms with E-state index in [0.29, 0.717) is 0 Å². The minimum absolute atomic E-state index is 0.0715. The Balaban J connectivity index is 4.89. The number of esters is 1. The number of aliphatic carboxylic acids is 1. The zero-order chi connectivity index (χ0) is 12.2. The van der Waals surface area contributed by atoms with Crippen LogP contribution in [0.15, 0.2) is 0 Å². The third-order valence-corrected chi connectivity index (χ3v) is 2.28. The molecule has 0 aliphatic rings. The molecule has 0 fully saturated rings. The first kappa shape index (κ1) is 13.9. The Morgan fingerprint density at radius 2 is 1.87 bits per heavy atom. The molecule has 0 amide bonds. The van der Waals surface area contributed by atoms with Gasteiger partial charge in [-0.05, 0) is 19.3 Å². The summed E-state index contributed by atoms with van der Waals surface area (Å²) in [7, 11) is 1.12. The highest BCUT2D eigenvalue weighted by molar-refractivity contribution is 5.86. The van der Waals surface area contributed by atoms with Crippen LogP contribution in [0.3, 0.4) is 0 Å². The molecule has 0 aliphatic carbocycles. The molecule has 0 radical (unpaired) electrons. The van der Waals surface area contributed by atoms with Crippen LogP contribution in [-0.2, 0) is 14.3 Å². The fourth-order valence-electron chi connectivity index (χ4n) is 1.39. The van der Waals surface area contributed by atoms with Gasteiger partial charge >= 0.3 is 11.9 Å². The van der Waals surface area contributed by atoms with E-state index in [-0.39, 0.29) is 12.3 Å². The highest BCUT2D eigenvalue weighted by Crippen LogP contribution is 2.25. The number of ether oxygens (including phenoxy) is 1. The Kier molecular flexibility index (Phi) is 4.74. The average molecular weight is 218 g/mol. The van der Waals surface area contributed by atoms with Crippen molar-refractivity contribution < 1.29 is 24.5 Å². The van der Waals surface area contributed by atoms with E-state index in [9.17, 15) is 14.7 Å². The quantitative estimate of drug-likeness (QED) is 0.662. The van der Waals surface area contributed by atoms with Crippen LogP contribution in [0.4, 0.5) is 0 Å². The van der Waals surface area contributed by atoms with Crippen molar-refractivity contribution in [2.45, 2.75) is 32.8 Å². The number of carboxylic acid groups (broad SMARTS) is 1. The maximum Gasteiger partial charge on any atom is 0.338 e. The molecule has 0 saturated carbocycles. The van der Waals surface area contributed by atoms with Crippen molar-refractivity contribution in [1.29, 1.82) is 0 Å². The maximum atomic E-state index is 11.2. The van der Waals surface area contributed by atoms with E-state index in [4.69, 9.17) is 5.11 Å². The van der Waals surface area contributed by atoms with E-state index in [1.807, 2.05) is 13.8 Å². The molecule has 1 unspecified atom stereocenters. The molecule has 0 aromatic rings. The van der Waals surface area contributed by atoms with E-state index >= 15 is 0 Å². The van der Waals surface area contributed by atoms with Crippen molar-refractivity contribution in [3.05, 3.63) is 0 Å². The summed E-state index contributed by atoms with van der Waals surface area (Å²) in [5.41, 5.74) is -1.98. The third-order valence-electron chi connectivity index (χ3n) is 2.28. The molecule has 5 heteroatoms. The van der Waals surface area contributed by atoms with Crippen LogP contribution in [-0.4, -0.2) is 34.9 Å². The lowest BCUT2D eigenvalue weighted by atomic mass is 9.83. The van der Waals surface area contributed by atoms with Gasteiger partial charge in [0.2, 0.25) is 0 Å². The smallest absolute Gasteiger partial charge is 0.338 e. The standard InChI is InChI=1S/C10H18O5/c1-6(2)5-7(8(11)12)10(3,14)9(13)15-4/h6-7,14H,5H2,1-4H3,(H,11,12)/t7-,10?/m0/s1. The molecular formula is C10H18O5. The van der Waals surface area contributed by atoms with Gasteiger partial charge in [0.15, 0.2) is 5.60 Å². The monoisotopic (exact) mass is 218 g/mol. The molecule has 0 rings (SSSR count). The average Bonchev–Trinajstić information content (AvgIpc) is 2.11. The number of hydrogen-bond donors (Lipinski definition) is 2.